The second-order valence-corrected chi connectivity index (χ2v) is 6.30. The van der Waals surface area contributed by atoms with Crippen molar-refractivity contribution in [2.24, 2.45) is 0 Å². The summed E-state index contributed by atoms with van der Waals surface area (Å²) >= 11 is 1.56. The molecule has 0 amide bonds. The third kappa shape index (κ3) is 2.88. The van der Waals surface area contributed by atoms with Gasteiger partial charge in [-0.05, 0) is 43.2 Å². The van der Waals surface area contributed by atoms with E-state index in [-0.39, 0.29) is 5.56 Å². The maximum atomic E-state index is 12.3. The Morgan fingerprint density at radius 2 is 1.95 bits per heavy atom. The number of rotatable bonds is 4. The smallest absolute Gasteiger partial charge is 0.281 e. The predicted molar refractivity (Wildman–Crippen MR) is 94.4 cm³/mol. The van der Waals surface area contributed by atoms with Gasteiger partial charge in [-0.2, -0.15) is 4.98 Å². The number of hydrogen-bond donors (Lipinski definition) is 0. The van der Waals surface area contributed by atoms with Crippen molar-refractivity contribution in [1.82, 2.24) is 4.98 Å². The second kappa shape index (κ2) is 6.28. The maximum Gasteiger partial charge on any atom is 0.281 e. The molecule has 3 nitrogen and oxygen atoms in total. The van der Waals surface area contributed by atoms with Crippen LogP contribution in [0.5, 0.6) is 0 Å². The fourth-order valence-electron chi connectivity index (χ4n) is 2.47. The van der Waals surface area contributed by atoms with Gasteiger partial charge < -0.3 is 4.90 Å². The Labute approximate surface area is 133 Å². The highest BCUT2D eigenvalue weighted by atomic mass is 32.1. The minimum atomic E-state index is -0.155. The Balaban J connectivity index is 2.14. The number of aromatic nitrogens is 1. The highest BCUT2D eigenvalue weighted by Crippen LogP contribution is 2.30. The molecule has 0 N–H and O–H groups in total. The first-order chi connectivity index (χ1) is 10.7. The van der Waals surface area contributed by atoms with Crippen LogP contribution in [0, 0.1) is 6.92 Å². The Morgan fingerprint density at radius 1 is 1.14 bits per heavy atom. The Kier molecular flexibility index (Phi) is 4.20. The van der Waals surface area contributed by atoms with Crippen molar-refractivity contribution in [3.05, 3.63) is 64.4 Å². The van der Waals surface area contributed by atoms with Crippen LogP contribution in [0.3, 0.4) is 0 Å². The predicted octanol–water partition coefficient (Wildman–Crippen LogP) is 4.51. The lowest BCUT2D eigenvalue weighted by Crippen LogP contribution is -2.21. The molecule has 0 saturated heterocycles. The third-order valence-corrected chi connectivity index (χ3v) is 4.58. The fraction of sp³-hybridized carbons (Fsp3) is 0.222. The molecule has 1 heterocycles. The molecular weight excluding hydrogens is 292 g/mol. The van der Waals surface area contributed by atoms with Crippen molar-refractivity contribution >= 4 is 32.2 Å². The summed E-state index contributed by atoms with van der Waals surface area (Å²) in [6.07, 6.45) is 0.989. The number of hydrogen-bond acceptors (Lipinski definition) is 4. The summed E-state index contributed by atoms with van der Waals surface area (Å²) in [5, 5.41) is 1.45. The Morgan fingerprint density at radius 3 is 2.73 bits per heavy atom. The molecule has 0 spiro atoms. The van der Waals surface area contributed by atoms with Gasteiger partial charge in [0, 0.05) is 16.9 Å². The molecule has 0 aliphatic rings. The van der Waals surface area contributed by atoms with Crippen LogP contribution in [0.1, 0.15) is 18.9 Å². The standard InChI is InChI=1S/C18H18N2OS/c1-3-11-20(14-8-6-7-13(2)12-14)18-19-17(21)15-9-4-5-10-16(15)22-18/h4-10,12H,3,11H2,1-2H3. The summed E-state index contributed by atoms with van der Waals surface area (Å²) in [5.74, 6) is 0. The van der Waals surface area contributed by atoms with Crippen molar-refractivity contribution in [3.8, 4) is 0 Å². The molecule has 2 aromatic carbocycles. The first-order valence-corrected chi connectivity index (χ1v) is 8.25. The van der Waals surface area contributed by atoms with Crippen LogP contribution in [0.4, 0.5) is 10.8 Å². The summed E-state index contributed by atoms with van der Waals surface area (Å²) < 4.78 is 0.978. The Bertz CT molecular complexity index is 857. The van der Waals surface area contributed by atoms with E-state index in [1.165, 1.54) is 5.56 Å². The molecule has 4 heteroatoms. The number of nitrogens with zero attached hydrogens (tertiary/aromatic N) is 2. The van der Waals surface area contributed by atoms with E-state index >= 15 is 0 Å². The van der Waals surface area contributed by atoms with Crippen LogP contribution < -0.4 is 10.5 Å². The maximum absolute atomic E-state index is 12.3. The van der Waals surface area contributed by atoms with Gasteiger partial charge in [-0.1, -0.05) is 42.5 Å². The van der Waals surface area contributed by atoms with Crippen LogP contribution in [0.25, 0.3) is 10.1 Å². The first-order valence-electron chi connectivity index (χ1n) is 7.43. The molecule has 0 unspecified atom stereocenters. The van der Waals surface area contributed by atoms with Crippen LogP contribution in [0.2, 0.25) is 0 Å². The molecule has 0 aliphatic heterocycles. The third-order valence-electron chi connectivity index (χ3n) is 3.51. The monoisotopic (exact) mass is 310 g/mol. The zero-order chi connectivity index (χ0) is 15.5. The first kappa shape index (κ1) is 14.7. The summed E-state index contributed by atoms with van der Waals surface area (Å²) in [5.41, 5.74) is 2.13. The molecule has 22 heavy (non-hydrogen) atoms. The van der Waals surface area contributed by atoms with Crippen LogP contribution >= 0.6 is 11.3 Å². The van der Waals surface area contributed by atoms with Gasteiger partial charge in [-0.3, -0.25) is 4.79 Å². The summed E-state index contributed by atoms with van der Waals surface area (Å²) in [4.78, 5) is 18.7. The van der Waals surface area contributed by atoms with Gasteiger partial charge in [0.1, 0.15) is 0 Å². The normalized spacial score (nSPS) is 10.8. The largest absolute Gasteiger partial charge is 0.318 e. The van der Waals surface area contributed by atoms with Crippen LogP contribution in [0.15, 0.2) is 53.3 Å². The van der Waals surface area contributed by atoms with Gasteiger partial charge in [-0.15, -0.1) is 0 Å². The van der Waals surface area contributed by atoms with E-state index in [1.807, 2.05) is 30.3 Å². The zero-order valence-electron chi connectivity index (χ0n) is 12.7. The van der Waals surface area contributed by atoms with E-state index in [0.29, 0.717) is 5.39 Å². The van der Waals surface area contributed by atoms with Crippen molar-refractivity contribution in [2.75, 3.05) is 11.4 Å². The van der Waals surface area contributed by atoms with Gasteiger partial charge in [0.15, 0.2) is 5.13 Å². The van der Waals surface area contributed by atoms with Crippen LogP contribution in [-0.2, 0) is 0 Å². The molecule has 3 rings (SSSR count). The average molecular weight is 310 g/mol. The van der Waals surface area contributed by atoms with Crippen LogP contribution in [-0.4, -0.2) is 11.5 Å². The van der Waals surface area contributed by atoms with Gasteiger partial charge in [0.2, 0.25) is 0 Å². The second-order valence-electron chi connectivity index (χ2n) is 5.29. The molecule has 1 aromatic heterocycles. The van der Waals surface area contributed by atoms with Crippen molar-refractivity contribution in [3.63, 3.8) is 0 Å². The van der Waals surface area contributed by atoms with E-state index in [2.05, 4.69) is 41.9 Å². The van der Waals surface area contributed by atoms with E-state index < -0.39 is 0 Å². The highest BCUT2D eigenvalue weighted by molar-refractivity contribution is 7.21. The Hall–Kier alpha value is -2.20. The molecule has 0 saturated carbocycles. The fourth-order valence-corrected chi connectivity index (χ4v) is 3.51. The van der Waals surface area contributed by atoms with Gasteiger partial charge >= 0.3 is 0 Å². The minimum Gasteiger partial charge on any atom is -0.318 e. The molecule has 0 radical (unpaired) electrons. The molecule has 112 valence electrons. The molecule has 0 fully saturated rings. The summed E-state index contributed by atoms with van der Waals surface area (Å²) in [6, 6.07) is 16.0. The van der Waals surface area contributed by atoms with E-state index in [1.54, 1.807) is 11.3 Å². The van der Waals surface area contributed by atoms with E-state index in [0.717, 1.165) is 28.5 Å². The topological polar surface area (TPSA) is 33.2 Å². The molecule has 0 aliphatic carbocycles. The van der Waals surface area contributed by atoms with E-state index in [4.69, 9.17) is 0 Å². The lowest BCUT2D eigenvalue weighted by Gasteiger charge is -2.23. The van der Waals surface area contributed by atoms with Gasteiger partial charge in [-0.25, -0.2) is 0 Å². The van der Waals surface area contributed by atoms with Gasteiger partial charge in [0.05, 0.1) is 5.39 Å². The highest BCUT2D eigenvalue weighted by Gasteiger charge is 2.13. The number of anilines is 2. The van der Waals surface area contributed by atoms with Crippen molar-refractivity contribution in [2.45, 2.75) is 20.3 Å². The van der Waals surface area contributed by atoms with Crippen molar-refractivity contribution in [1.29, 1.82) is 0 Å². The quantitative estimate of drug-likeness (QED) is 0.710. The van der Waals surface area contributed by atoms with Gasteiger partial charge in [0.25, 0.3) is 5.56 Å². The minimum absolute atomic E-state index is 0.155. The summed E-state index contributed by atoms with van der Waals surface area (Å²) in [6.45, 7) is 5.04. The number of fused-ring (bicyclic) bond motifs is 1. The molecule has 3 aromatic rings. The average Bonchev–Trinajstić information content (AvgIpc) is 2.52. The van der Waals surface area contributed by atoms with Crippen molar-refractivity contribution < 1.29 is 0 Å². The molecule has 0 bridgehead atoms. The lowest BCUT2D eigenvalue weighted by molar-refractivity contribution is 0.878. The number of benzene rings is 2. The SMILES string of the molecule is CCCN(c1cccc(C)c1)c1nc(=O)c2ccccc2s1. The van der Waals surface area contributed by atoms with E-state index in [9.17, 15) is 4.79 Å². The number of aryl methyl sites for hydroxylation is 1. The zero-order valence-corrected chi connectivity index (χ0v) is 13.6. The lowest BCUT2D eigenvalue weighted by atomic mass is 10.2. The molecule has 0 atom stereocenters. The molecular formula is C18H18N2OS. The summed E-state index contributed by atoms with van der Waals surface area (Å²) in [7, 11) is 0.